The van der Waals surface area contributed by atoms with Crippen molar-refractivity contribution in [2.75, 3.05) is 0 Å². The van der Waals surface area contributed by atoms with Crippen molar-refractivity contribution >= 4 is 17.8 Å². The van der Waals surface area contributed by atoms with Gasteiger partial charge in [0.05, 0.1) is 12.3 Å². The number of hydrogen-bond donors (Lipinski definition) is 4. The number of furan rings is 1. The Balaban J connectivity index is 1.87. The molecular formula is C27H31N2O5+. The molecule has 1 aromatic heterocycles. The van der Waals surface area contributed by atoms with Crippen LogP contribution < -0.4 is 10.3 Å². The molecule has 0 saturated heterocycles. The molecule has 2 aromatic carbocycles. The number of hydrogen-bond acceptors (Lipinski definition) is 3. The first-order valence-electron chi connectivity index (χ1n) is 11.4. The van der Waals surface area contributed by atoms with Crippen molar-refractivity contribution in [2.24, 2.45) is 5.92 Å². The van der Waals surface area contributed by atoms with E-state index in [2.05, 4.69) is 24.2 Å². The highest BCUT2D eigenvalue weighted by molar-refractivity contribution is 5.96. The number of aryl methyl sites for hydroxylation is 1. The molecule has 178 valence electrons. The van der Waals surface area contributed by atoms with Crippen molar-refractivity contribution in [3.05, 3.63) is 94.9 Å². The maximum Gasteiger partial charge on any atom is 0.402 e. The zero-order chi connectivity index (χ0) is 24.5. The highest BCUT2D eigenvalue weighted by atomic mass is 16.4. The second kappa shape index (κ2) is 11.8. The summed E-state index contributed by atoms with van der Waals surface area (Å²) in [5.74, 6) is -0.594. The number of nitrogens with one attached hydrogen (secondary N) is 2. The lowest BCUT2D eigenvalue weighted by molar-refractivity contribution is -0.483. The normalized spacial score (nSPS) is 12.5. The van der Waals surface area contributed by atoms with Crippen molar-refractivity contribution in [1.82, 2.24) is 5.32 Å². The summed E-state index contributed by atoms with van der Waals surface area (Å²) < 4.78 is 5.17. The van der Waals surface area contributed by atoms with E-state index in [1.54, 1.807) is 24.3 Å². The zero-order valence-electron chi connectivity index (χ0n) is 19.5. The van der Waals surface area contributed by atoms with E-state index in [1.807, 2.05) is 36.4 Å². The summed E-state index contributed by atoms with van der Waals surface area (Å²) in [6.45, 7) is 4.48. The molecule has 1 amide bonds. The standard InChI is InChI=1S/C27H30N2O5/c1-18(2)15-23(21-7-4-3-5-8-21)29-26(32)22-16-19(10-11-20(22)12-13-25(30)31)17-28-27(33)24-9-6-14-34-24/h3-11,14,16,18,23H,12-13,15,17H2,1-2H3,(H,28,33)(H,29,32)(H,30,31)/p+1. The van der Waals surface area contributed by atoms with Crippen LogP contribution in [0.25, 0.3) is 0 Å². The molecular weight excluding hydrogens is 432 g/mol. The van der Waals surface area contributed by atoms with Gasteiger partial charge < -0.3 is 19.9 Å². The van der Waals surface area contributed by atoms with Crippen LogP contribution in [0, 0.1) is 5.92 Å². The van der Waals surface area contributed by atoms with E-state index in [4.69, 9.17) is 9.52 Å². The van der Waals surface area contributed by atoms with E-state index in [0.29, 0.717) is 22.8 Å². The number of carbonyl (C=O) groups is 2. The Kier molecular flexibility index (Phi) is 8.62. The molecule has 34 heavy (non-hydrogen) atoms. The minimum absolute atomic E-state index is 0.0704. The summed E-state index contributed by atoms with van der Waals surface area (Å²) in [5, 5.41) is 22.4. The summed E-state index contributed by atoms with van der Waals surface area (Å²) in [5.41, 5.74) is 2.89. The number of carbonyl (C=O) groups excluding carboxylic acids is 1. The van der Waals surface area contributed by atoms with Crippen LogP contribution in [-0.4, -0.2) is 28.0 Å². The van der Waals surface area contributed by atoms with Gasteiger partial charge in [-0.3, -0.25) is 9.59 Å². The fourth-order valence-electron chi connectivity index (χ4n) is 3.76. The van der Waals surface area contributed by atoms with Crippen LogP contribution in [0.2, 0.25) is 0 Å². The van der Waals surface area contributed by atoms with Crippen molar-refractivity contribution < 1.29 is 29.2 Å². The monoisotopic (exact) mass is 463 g/mol. The summed E-state index contributed by atoms with van der Waals surface area (Å²) in [6.07, 6.45) is 2.41. The predicted octanol–water partition coefficient (Wildman–Crippen LogP) is 3.40. The van der Waals surface area contributed by atoms with Gasteiger partial charge in [0.15, 0.2) is 6.54 Å². The van der Waals surface area contributed by atoms with Crippen LogP contribution in [0.1, 0.15) is 65.5 Å². The van der Waals surface area contributed by atoms with E-state index in [1.165, 1.54) is 6.26 Å². The van der Waals surface area contributed by atoms with Crippen molar-refractivity contribution in [2.45, 2.75) is 45.7 Å². The fourth-order valence-corrected chi connectivity index (χ4v) is 3.76. The first-order valence-corrected chi connectivity index (χ1v) is 11.4. The van der Waals surface area contributed by atoms with Crippen LogP contribution >= 0.6 is 0 Å². The third-order valence-electron chi connectivity index (χ3n) is 5.46. The van der Waals surface area contributed by atoms with Gasteiger partial charge in [0.2, 0.25) is 5.76 Å². The summed E-state index contributed by atoms with van der Waals surface area (Å²) in [4.78, 5) is 27.4. The molecule has 0 aliphatic rings. The Morgan fingerprint density at radius 2 is 1.79 bits per heavy atom. The highest BCUT2D eigenvalue weighted by Crippen LogP contribution is 2.23. The Morgan fingerprint density at radius 1 is 1.03 bits per heavy atom. The zero-order valence-corrected chi connectivity index (χ0v) is 19.5. The van der Waals surface area contributed by atoms with Gasteiger partial charge in [0.1, 0.15) is 0 Å². The third kappa shape index (κ3) is 7.07. The molecule has 0 spiro atoms. The Bertz CT molecular complexity index is 1120. The number of aliphatic hydroxyl groups excluding tert-OH is 1. The number of carboxylic acids is 1. The second-order valence-corrected chi connectivity index (χ2v) is 8.63. The molecule has 4 N–H and O–H groups in total. The average Bonchev–Trinajstić information content (AvgIpc) is 3.36. The van der Waals surface area contributed by atoms with Crippen molar-refractivity contribution in [3.8, 4) is 0 Å². The number of aliphatic hydroxyl groups is 1. The van der Waals surface area contributed by atoms with Gasteiger partial charge >= 0.3 is 11.9 Å². The largest absolute Gasteiger partial charge is 0.481 e. The van der Waals surface area contributed by atoms with Crippen LogP contribution in [0.4, 0.5) is 0 Å². The first-order chi connectivity index (χ1) is 16.3. The van der Waals surface area contributed by atoms with Crippen molar-refractivity contribution in [1.29, 1.82) is 0 Å². The minimum atomic E-state index is -0.919. The van der Waals surface area contributed by atoms with Crippen LogP contribution in [-0.2, 0) is 17.8 Å². The number of aliphatic carboxylic acids is 1. The topological polar surface area (TPSA) is 114 Å². The van der Waals surface area contributed by atoms with Gasteiger partial charge in [0.25, 0.3) is 5.91 Å². The molecule has 0 bridgehead atoms. The molecule has 1 atom stereocenters. The summed E-state index contributed by atoms with van der Waals surface area (Å²) >= 11 is 0. The average molecular weight is 464 g/mol. The quantitative estimate of drug-likeness (QED) is 0.257. The van der Waals surface area contributed by atoms with Crippen LogP contribution in [0.15, 0.2) is 71.3 Å². The second-order valence-electron chi connectivity index (χ2n) is 8.63. The van der Waals surface area contributed by atoms with Crippen LogP contribution in [0.3, 0.4) is 0 Å². The molecule has 3 aromatic rings. The molecule has 0 fully saturated rings. The summed E-state index contributed by atoms with van der Waals surface area (Å²) in [7, 11) is 0. The molecule has 3 rings (SSSR count). The number of rotatable bonds is 11. The Labute approximate surface area is 199 Å². The summed E-state index contributed by atoms with van der Waals surface area (Å²) in [6, 6.07) is 18.3. The van der Waals surface area contributed by atoms with Gasteiger partial charge in [-0.15, -0.1) is 0 Å². The molecule has 0 aliphatic heterocycles. The molecule has 0 radical (unpaired) electrons. The predicted molar refractivity (Wildman–Crippen MR) is 129 cm³/mol. The van der Waals surface area contributed by atoms with Gasteiger partial charge in [-0.05, 0) is 48.1 Å². The number of amides is 1. The van der Waals surface area contributed by atoms with Gasteiger partial charge in [-0.2, -0.15) is 0 Å². The third-order valence-corrected chi connectivity index (χ3v) is 5.46. The Morgan fingerprint density at radius 3 is 2.44 bits per heavy atom. The van der Waals surface area contributed by atoms with Gasteiger partial charge in [0, 0.05) is 17.5 Å². The van der Waals surface area contributed by atoms with Crippen molar-refractivity contribution in [3.63, 3.8) is 0 Å². The number of carboxylic acid groups (broad SMARTS) is 1. The molecule has 0 saturated carbocycles. The lowest BCUT2D eigenvalue weighted by Gasteiger charge is -2.22. The lowest BCUT2D eigenvalue weighted by atomic mass is 9.95. The molecule has 0 aliphatic carbocycles. The molecule has 7 nitrogen and oxygen atoms in total. The first kappa shape index (κ1) is 24.8. The van der Waals surface area contributed by atoms with E-state index < -0.39 is 5.97 Å². The SMILES string of the molecule is CC(C)CC(NC(=O)c1cc(C[NH+]=C(O)c2ccco2)ccc1CCC(=O)O)c1ccccc1. The Hall–Kier alpha value is -3.87. The van der Waals surface area contributed by atoms with Gasteiger partial charge in [-0.25, -0.2) is 4.99 Å². The molecule has 1 heterocycles. The number of benzene rings is 2. The highest BCUT2D eigenvalue weighted by Gasteiger charge is 2.20. The molecule has 1 unspecified atom stereocenters. The minimum Gasteiger partial charge on any atom is -0.481 e. The lowest BCUT2D eigenvalue weighted by Crippen LogP contribution is -2.71. The smallest absolute Gasteiger partial charge is 0.402 e. The maximum atomic E-state index is 13.4. The fraction of sp³-hybridized carbons (Fsp3) is 0.296. The van der Waals surface area contributed by atoms with Crippen LogP contribution in [0.5, 0.6) is 0 Å². The maximum absolute atomic E-state index is 13.4. The van der Waals surface area contributed by atoms with E-state index in [9.17, 15) is 14.7 Å². The van der Waals surface area contributed by atoms with E-state index >= 15 is 0 Å². The van der Waals surface area contributed by atoms with E-state index in [0.717, 1.165) is 17.5 Å². The van der Waals surface area contributed by atoms with E-state index in [-0.39, 0.29) is 37.2 Å². The van der Waals surface area contributed by atoms with Gasteiger partial charge in [-0.1, -0.05) is 56.3 Å². The molecule has 7 heteroatoms.